The van der Waals surface area contributed by atoms with Gasteiger partial charge in [-0.3, -0.25) is 0 Å². The quantitative estimate of drug-likeness (QED) is 0.928. The molecule has 0 saturated heterocycles. The van der Waals surface area contributed by atoms with Crippen molar-refractivity contribution in [3.05, 3.63) is 47.8 Å². The number of benzene rings is 1. The number of hydrogen-bond donors (Lipinski definition) is 1. The van der Waals surface area contributed by atoms with Crippen LogP contribution in [-0.4, -0.2) is 16.3 Å². The van der Waals surface area contributed by atoms with Gasteiger partial charge in [-0.25, -0.2) is 4.68 Å². The number of nitrogens with two attached hydrogens (primary N) is 1. The Labute approximate surface area is 120 Å². The topological polar surface area (TPSA) is 43.8 Å². The Bertz CT molecular complexity index is 562. The average Bonchev–Trinajstić information content (AvgIpc) is 2.95. The predicted molar refractivity (Wildman–Crippen MR) is 82.1 cm³/mol. The molecule has 106 valence electrons. The van der Waals surface area contributed by atoms with E-state index in [1.54, 1.807) is 0 Å². The van der Waals surface area contributed by atoms with E-state index in [1.165, 1.54) is 43.2 Å². The van der Waals surface area contributed by atoms with Crippen LogP contribution in [0, 0.1) is 6.92 Å². The SMILES string of the molecule is Cc1cnn(-c2ccc(C3(CN)CCCCC3)cc2)c1. The average molecular weight is 269 g/mol. The summed E-state index contributed by atoms with van der Waals surface area (Å²) in [5.74, 6) is 0. The van der Waals surface area contributed by atoms with Gasteiger partial charge in [-0.15, -0.1) is 0 Å². The summed E-state index contributed by atoms with van der Waals surface area (Å²) in [5.41, 5.74) is 10.0. The van der Waals surface area contributed by atoms with E-state index < -0.39 is 0 Å². The van der Waals surface area contributed by atoms with Gasteiger partial charge in [-0.05, 0) is 43.0 Å². The third kappa shape index (κ3) is 2.38. The van der Waals surface area contributed by atoms with Crippen LogP contribution in [0.25, 0.3) is 5.69 Å². The molecule has 2 N–H and O–H groups in total. The van der Waals surface area contributed by atoms with Crippen LogP contribution in [0.3, 0.4) is 0 Å². The summed E-state index contributed by atoms with van der Waals surface area (Å²) in [6.07, 6.45) is 10.3. The molecule has 1 saturated carbocycles. The normalized spacial score (nSPS) is 18.1. The minimum atomic E-state index is 0.205. The Morgan fingerprint density at radius 1 is 1.15 bits per heavy atom. The van der Waals surface area contributed by atoms with Crippen LogP contribution in [0.5, 0.6) is 0 Å². The van der Waals surface area contributed by atoms with Crippen LogP contribution in [0.15, 0.2) is 36.7 Å². The Balaban J connectivity index is 1.88. The summed E-state index contributed by atoms with van der Waals surface area (Å²) < 4.78 is 1.93. The standard InChI is InChI=1S/C17H23N3/c1-14-11-19-20(12-14)16-7-5-15(6-8-16)17(13-18)9-3-2-4-10-17/h5-8,11-12H,2-4,9-10,13,18H2,1H3. The lowest BCUT2D eigenvalue weighted by Gasteiger charge is -2.37. The van der Waals surface area contributed by atoms with Gasteiger partial charge in [0, 0.05) is 18.2 Å². The zero-order chi connectivity index (χ0) is 14.0. The molecule has 1 aromatic heterocycles. The van der Waals surface area contributed by atoms with Crippen molar-refractivity contribution in [2.24, 2.45) is 5.73 Å². The highest BCUT2D eigenvalue weighted by Crippen LogP contribution is 2.38. The molecule has 3 nitrogen and oxygen atoms in total. The first-order valence-electron chi connectivity index (χ1n) is 7.56. The number of rotatable bonds is 3. The molecule has 3 heteroatoms. The van der Waals surface area contributed by atoms with Crippen molar-refractivity contribution in [3.8, 4) is 5.69 Å². The van der Waals surface area contributed by atoms with Crippen LogP contribution < -0.4 is 5.73 Å². The molecule has 1 aromatic carbocycles. The van der Waals surface area contributed by atoms with Gasteiger partial charge < -0.3 is 5.73 Å². The minimum Gasteiger partial charge on any atom is -0.330 e. The molecule has 2 aromatic rings. The van der Waals surface area contributed by atoms with Crippen LogP contribution in [0.4, 0.5) is 0 Å². The Kier molecular flexibility index (Phi) is 3.62. The Morgan fingerprint density at radius 2 is 1.85 bits per heavy atom. The molecule has 1 aliphatic rings. The first-order valence-corrected chi connectivity index (χ1v) is 7.56. The van der Waals surface area contributed by atoms with Crippen molar-refractivity contribution >= 4 is 0 Å². The zero-order valence-corrected chi connectivity index (χ0v) is 12.2. The molecule has 0 radical (unpaired) electrons. The maximum absolute atomic E-state index is 6.11. The molecule has 0 amide bonds. The van der Waals surface area contributed by atoms with E-state index in [2.05, 4.69) is 36.3 Å². The molecule has 3 rings (SSSR count). The molecular weight excluding hydrogens is 246 g/mol. The third-order valence-electron chi connectivity index (χ3n) is 4.66. The van der Waals surface area contributed by atoms with E-state index in [0.29, 0.717) is 0 Å². The van der Waals surface area contributed by atoms with E-state index >= 15 is 0 Å². The summed E-state index contributed by atoms with van der Waals surface area (Å²) in [7, 11) is 0. The second kappa shape index (κ2) is 5.41. The molecule has 1 heterocycles. The molecule has 0 bridgehead atoms. The monoisotopic (exact) mass is 269 g/mol. The Morgan fingerprint density at radius 3 is 2.40 bits per heavy atom. The van der Waals surface area contributed by atoms with Crippen molar-refractivity contribution in [2.75, 3.05) is 6.54 Å². The van der Waals surface area contributed by atoms with Crippen molar-refractivity contribution in [3.63, 3.8) is 0 Å². The van der Waals surface area contributed by atoms with Gasteiger partial charge in [-0.1, -0.05) is 31.4 Å². The summed E-state index contributed by atoms with van der Waals surface area (Å²) in [5, 5.41) is 4.36. The van der Waals surface area contributed by atoms with Gasteiger partial charge in [-0.2, -0.15) is 5.10 Å². The Hall–Kier alpha value is -1.61. The largest absolute Gasteiger partial charge is 0.330 e. The number of aromatic nitrogens is 2. The molecular formula is C17H23N3. The highest BCUT2D eigenvalue weighted by molar-refractivity contribution is 5.38. The molecule has 1 aliphatic carbocycles. The summed E-state index contributed by atoms with van der Waals surface area (Å²) >= 11 is 0. The van der Waals surface area contributed by atoms with Gasteiger partial charge in [0.1, 0.15) is 0 Å². The van der Waals surface area contributed by atoms with Crippen LogP contribution >= 0.6 is 0 Å². The fourth-order valence-corrected chi connectivity index (χ4v) is 3.36. The number of aryl methyl sites for hydroxylation is 1. The van der Waals surface area contributed by atoms with E-state index in [9.17, 15) is 0 Å². The molecule has 20 heavy (non-hydrogen) atoms. The maximum Gasteiger partial charge on any atom is 0.0645 e. The van der Waals surface area contributed by atoms with Gasteiger partial charge in [0.05, 0.1) is 11.9 Å². The molecule has 0 aliphatic heterocycles. The maximum atomic E-state index is 6.11. The second-order valence-electron chi connectivity index (χ2n) is 6.05. The van der Waals surface area contributed by atoms with E-state index in [4.69, 9.17) is 5.73 Å². The second-order valence-corrected chi connectivity index (χ2v) is 6.05. The molecule has 1 fully saturated rings. The highest BCUT2D eigenvalue weighted by atomic mass is 15.3. The number of hydrogen-bond acceptors (Lipinski definition) is 2. The predicted octanol–water partition coefficient (Wildman–Crippen LogP) is 3.34. The van der Waals surface area contributed by atoms with Gasteiger partial charge in [0.25, 0.3) is 0 Å². The van der Waals surface area contributed by atoms with Crippen molar-refractivity contribution in [2.45, 2.75) is 44.4 Å². The fraction of sp³-hybridized carbons (Fsp3) is 0.471. The van der Waals surface area contributed by atoms with E-state index in [0.717, 1.165) is 12.2 Å². The minimum absolute atomic E-state index is 0.205. The number of nitrogens with zero attached hydrogens (tertiary/aromatic N) is 2. The summed E-state index contributed by atoms with van der Waals surface area (Å²) in [6, 6.07) is 8.80. The lowest BCUT2D eigenvalue weighted by Crippen LogP contribution is -2.37. The smallest absolute Gasteiger partial charge is 0.0645 e. The molecule has 0 unspecified atom stereocenters. The van der Waals surface area contributed by atoms with Crippen LogP contribution in [-0.2, 0) is 5.41 Å². The first-order chi connectivity index (χ1) is 9.73. The van der Waals surface area contributed by atoms with Gasteiger partial charge in [0.2, 0.25) is 0 Å². The summed E-state index contributed by atoms with van der Waals surface area (Å²) in [6.45, 7) is 2.82. The van der Waals surface area contributed by atoms with Crippen molar-refractivity contribution in [1.29, 1.82) is 0 Å². The van der Waals surface area contributed by atoms with Crippen LogP contribution in [0.2, 0.25) is 0 Å². The van der Waals surface area contributed by atoms with Crippen molar-refractivity contribution < 1.29 is 0 Å². The van der Waals surface area contributed by atoms with E-state index in [1.807, 2.05) is 17.1 Å². The third-order valence-corrected chi connectivity index (χ3v) is 4.66. The lowest BCUT2D eigenvalue weighted by molar-refractivity contribution is 0.301. The molecule has 0 atom stereocenters. The zero-order valence-electron chi connectivity index (χ0n) is 12.2. The first kappa shape index (κ1) is 13.4. The lowest BCUT2D eigenvalue weighted by atomic mass is 9.69. The summed E-state index contributed by atoms with van der Waals surface area (Å²) in [4.78, 5) is 0. The van der Waals surface area contributed by atoms with Gasteiger partial charge >= 0.3 is 0 Å². The van der Waals surface area contributed by atoms with Crippen molar-refractivity contribution in [1.82, 2.24) is 9.78 Å². The van der Waals surface area contributed by atoms with Crippen LogP contribution in [0.1, 0.15) is 43.2 Å². The highest BCUT2D eigenvalue weighted by Gasteiger charge is 2.32. The van der Waals surface area contributed by atoms with E-state index in [-0.39, 0.29) is 5.41 Å². The fourth-order valence-electron chi connectivity index (χ4n) is 3.36. The van der Waals surface area contributed by atoms with Gasteiger partial charge in [0.15, 0.2) is 0 Å². The molecule has 0 spiro atoms.